The van der Waals surface area contributed by atoms with Crippen molar-refractivity contribution < 1.29 is 18.3 Å². The number of fused-ring (bicyclic) bond motifs is 1. The molecule has 1 heterocycles. The van der Waals surface area contributed by atoms with Crippen LogP contribution in [-0.4, -0.2) is 19.8 Å². The number of hydrogen-bond donors (Lipinski definition) is 1. The van der Waals surface area contributed by atoms with Gasteiger partial charge in [0.2, 0.25) is 0 Å². The van der Waals surface area contributed by atoms with Crippen molar-refractivity contribution in [2.45, 2.75) is 26.1 Å². The molecule has 0 spiro atoms. The molecule has 1 aromatic carbocycles. The standard InChI is InChI=1S/C13H20NO4P/c1-3-17-19(15,18-4-2)13(14)11-5-6-12-10(9-11)7-8-16-12/h5-6,9,13H,3-4,7-8,14H2,1-2H3/t13-/m0/s1. The molecule has 2 N–H and O–H groups in total. The number of hydrogen-bond acceptors (Lipinski definition) is 5. The van der Waals surface area contributed by atoms with Gasteiger partial charge in [-0.2, -0.15) is 0 Å². The van der Waals surface area contributed by atoms with Crippen LogP contribution >= 0.6 is 7.60 Å². The highest BCUT2D eigenvalue weighted by Gasteiger charge is 2.34. The zero-order valence-corrected chi connectivity index (χ0v) is 12.2. The Bertz CT molecular complexity index is 482. The minimum absolute atomic E-state index is 0.305. The summed E-state index contributed by atoms with van der Waals surface area (Å²) in [5, 5.41) is 0. The molecule has 0 fully saturated rings. The lowest BCUT2D eigenvalue weighted by atomic mass is 10.1. The van der Waals surface area contributed by atoms with Crippen LogP contribution in [0, 0.1) is 0 Å². The van der Waals surface area contributed by atoms with Gasteiger partial charge in [-0.3, -0.25) is 4.57 Å². The third kappa shape index (κ3) is 3.00. The molecule has 0 radical (unpaired) electrons. The minimum Gasteiger partial charge on any atom is -0.493 e. The smallest absolute Gasteiger partial charge is 0.351 e. The van der Waals surface area contributed by atoms with E-state index >= 15 is 0 Å². The summed E-state index contributed by atoms with van der Waals surface area (Å²) >= 11 is 0. The van der Waals surface area contributed by atoms with Gasteiger partial charge >= 0.3 is 7.60 Å². The second-order valence-corrected chi connectivity index (χ2v) is 6.44. The Morgan fingerprint density at radius 3 is 2.68 bits per heavy atom. The van der Waals surface area contributed by atoms with E-state index in [-0.39, 0.29) is 0 Å². The Morgan fingerprint density at radius 2 is 2.05 bits per heavy atom. The zero-order valence-electron chi connectivity index (χ0n) is 11.3. The van der Waals surface area contributed by atoms with E-state index in [1.165, 1.54) is 0 Å². The Morgan fingerprint density at radius 1 is 1.37 bits per heavy atom. The average Bonchev–Trinajstić information content (AvgIpc) is 2.85. The number of rotatable bonds is 6. The van der Waals surface area contributed by atoms with Crippen LogP contribution in [0.1, 0.15) is 30.8 Å². The van der Waals surface area contributed by atoms with Crippen molar-refractivity contribution in [3.8, 4) is 5.75 Å². The molecule has 5 nitrogen and oxygen atoms in total. The molecular weight excluding hydrogens is 265 g/mol. The molecule has 6 heteroatoms. The third-order valence-electron chi connectivity index (χ3n) is 3.01. The molecule has 106 valence electrons. The molecule has 0 unspecified atom stereocenters. The lowest BCUT2D eigenvalue weighted by molar-refractivity contribution is 0.212. The van der Waals surface area contributed by atoms with Crippen LogP contribution < -0.4 is 10.5 Å². The van der Waals surface area contributed by atoms with Crippen molar-refractivity contribution in [1.29, 1.82) is 0 Å². The van der Waals surface area contributed by atoms with Gasteiger partial charge in [-0.1, -0.05) is 6.07 Å². The van der Waals surface area contributed by atoms with Gasteiger partial charge in [0, 0.05) is 6.42 Å². The summed E-state index contributed by atoms with van der Waals surface area (Å²) in [5.41, 5.74) is 7.93. The van der Waals surface area contributed by atoms with E-state index < -0.39 is 13.4 Å². The molecule has 2 rings (SSSR count). The van der Waals surface area contributed by atoms with Crippen LogP contribution in [0.5, 0.6) is 5.75 Å². The molecule has 1 atom stereocenters. The van der Waals surface area contributed by atoms with Crippen molar-refractivity contribution in [2.75, 3.05) is 19.8 Å². The maximum atomic E-state index is 12.6. The number of benzene rings is 1. The van der Waals surface area contributed by atoms with Gasteiger partial charge in [0.1, 0.15) is 11.5 Å². The summed E-state index contributed by atoms with van der Waals surface area (Å²) < 4.78 is 28.6. The van der Waals surface area contributed by atoms with E-state index in [2.05, 4.69) is 0 Å². The monoisotopic (exact) mass is 285 g/mol. The highest BCUT2D eigenvalue weighted by atomic mass is 31.2. The molecule has 0 saturated heterocycles. The Balaban J connectivity index is 2.26. The normalized spacial score (nSPS) is 15.9. The van der Waals surface area contributed by atoms with Crippen LogP contribution in [0.25, 0.3) is 0 Å². The minimum atomic E-state index is -3.32. The van der Waals surface area contributed by atoms with Gasteiger partial charge in [-0.15, -0.1) is 0 Å². The van der Waals surface area contributed by atoms with Crippen molar-refractivity contribution in [3.05, 3.63) is 29.3 Å². The maximum absolute atomic E-state index is 12.6. The van der Waals surface area contributed by atoms with E-state index in [1.807, 2.05) is 18.2 Å². The lowest BCUT2D eigenvalue weighted by Crippen LogP contribution is -2.15. The van der Waals surface area contributed by atoms with E-state index in [0.717, 1.165) is 23.3 Å². The molecule has 0 aliphatic carbocycles. The van der Waals surface area contributed by atoms with Gasteiger partial charge < -0.3 is 19.5 Å². The fraction of sp³-hybridized carbons (Fsp3) is 0.538. The van der Waals surface area contributed by atoms with Gasteiger partial charge in [0.25, 0.3) is 0 Å². The zero-order chi connectivity index (χ0) is 13.9. The molecule has 0 aromatic heterocycles. The number of ether oxygens (including phenoxy) is 1. The summed E-state index contributed by atoms with van der Waals surface area (Å²) in [7, 11) is -3.32. The summed E-state index contributed by atoms with van der Waals surface area (Å²) in [6.45, 7) is 4.84. The van der Waals surface area contributed by atoms with E-state index in [4.69, 9.17) is 19.5 Å². The predicted molar refractivity (Wildman–Crippen MR) is 73.4 cm³/mol. The first-order valence-corrected chi connectivity index (χ1v) is 8.12. The van der Waals surface area contributed by atoms with Gasteiger partial charge in [0.15, 0.2) is 0 Å². The molecule has 1 aliphatic rings. The SMILES string of the molecule is CCOP(=O)(OCC)[C@H](N)c1ccc2c(c1)CCO2. The quantitative estimate of drug-likeness (QED) is 0.814. The number of nitrogens with two attached hydrogens (primary N) is 1. The molecule has 1 aromatic rings. The van der Waals surface area contributed by atoms with Crippen molar-refractivity contribution in [1.82, 2.24) is 0 Å². The highest BCUT2D eigenvalue weighted by Crippen LogP contribution is 2.58. The molecular formula is C13H20NO4P. The lowest BCUT2D eigenvalue weighted by Gasteiger charge is -2.23. The maximum Gasteiger partial charge on any atom is 0.351 e. The van der Waals surface area contributed by atoms with Gasteiger partial charge in [-0.25, -0.2) is 0 Å². The van der Waals surface area contributed by atoms with Crippen LogP contribution in [0.15, 0.2) is 18.2 Å². The van der Waals surface area contributed by atoms with Crippen molar-refractivity contribution in [2.24, 2.45) is 5.73 Å². The average molecular weight is 285 g/mol. The first-order chi connectivity index (χ1) is 9.10. The van der Waals surface area contributed by atoms with Crippen LogP contribution in [-0.2, 0) is 20.0 Å². The summed E-state index contributed by atoms with van der Waals surface area (Å²) in [6.07, 6.45) is 0.851. The first kappa shape index (κ1) is 14.5. The molecule has 0 saturated carbocycles. The topological polar surface area (TPSA) is 70.8 Å². The fourth-order valence-corrected chi connectivity index (χ4v) is 3.77. The third-order valence-corrected chi connectivity index (χ3v) is 5.23. The summed E-state index contributed by atoms with van der Waals surface area (Å²) in [5.74, 6) is 0.108. The summed E-state index contributed by atoms with van der Waals surface area (Å²) in [6, 6.07) is 5.61. The summed E-state index contributed by atoms with van der Waals surface area (Å²) in [4.78, 5) is 0. The van der Waals surface area contributed by atoms with Gasteiger partial charge in [-0.05, 0) is 37.1 Å². The van der Waals surface area contributed by atoms with Gasteiger partial charge in [0.05, 0.1) is 19.8 Å². The Hall–Kier alpha value is -0.870. The van der Waals surface area contributed by atoms with E-state index in [9.17, 15) is 4.57 Å². The first-order valence-electron chi connectivity index (χ1n) is 6.50. The van der Waals surface area contributed by atoms with Crippen LogP contribution in [0.2, 0.25) is 0 Å². The predicted octanol–water partition coefficient (Wildman–Crippen LogP) is 2.84. The molecule has 0 amide bonds. The second-order valence-electron chi connectivity index (χ2n) is 4.29. The second kappa shape index (κ2) is 6.06. The Kier molecular flexibility index (Phi) is 4.63. The van der Waals surface area contributed by atoms with E-state index in [1.54, 1.807) is 13.8 Å². The fourth-order valence-electron chi connectivity index (χ4n) is 2.13. The molecule has 0 bridgehead atoms. The van der Waals surface area contributed by atoms with Crippen molar-refractivity contribution >= 4 is 7.60 Å². The molecule has 1 aliphatic heterocycles. The van der Waals surface area contributed by atoms with Crippen LogP contribution in [0.3, 0.4) is 0 Å². The van der Waals surface area contributed by atoms with Crippen LogP contribution in [0.4, 0.5) is 0 Å². The molecule has 19 heavy (non-hydrogen) atoms. The Labute approximate surface area is 113 Å². The van der Waals surface area contributed by atoms with Crippen molar-refractivity contribution in [3.63, 3.8) is 0 Å². The highest BCUT2D eigenvalue weighted by molar-refractivity contribution is 7.54. The largest absolute Gasteiger partial charge is 0.493 e. The van der Waals surface area contributed by atoms with E-state index in [0.29, 0.717) is 19.8 Å².